The van der Waals surface area contributed by atoms with Crippen molar-refractivity contribution in [3.05, 3.63) is 81.8 Å². The SMILES string of the molecule is CN(C)c1ccc(NC(=O)C2CCCC2)cc1CN(Cc1ccc(F)cc1)C(=O)c1cccs1. The van der Waals surface area contributed by atoms with Gasteiger partial charge in [-0.05, 0) is 65.7 Å². The minimum absolute atomic E-state index is 0.0684. The second kappa shape index (κ2) is 10.8. The summed E-state index contributed by atoms with van der Waals surface area (Å²) >= 11 is 1.40. The van der Waals surface area contributed by atoms with E-state index in [0.717, 1.165) is 48.2 Å². The van der Waals surface area contributed by atoms with Crippen molar-refractivity contribution in [3.63, 3.8) is 0 Å². The Labute approximate surface area is 204 Å². The molecule has 1 aliphatic carbocycles. The molecule has 2 amide bonds. The number of carbonyl (C=O) groups is 2. The highest BCUT2D eigenvalue weighted by Gasteiger charge is 2.24. The van der Waals surface area contributed by atoms with E-state index in [0.29, 0.717) is 18.0 Å². The van der Waals surface area contributed by atoms with Crippen molar-refractivity contribution in [3.8, 4) is 0 Å². The van der Waals surface area contributed by atoms with Crippen LogP contribution in [0.15, 0.2) is 60.0 Å². The molecule has 1 aromatic heterocycles. The van der Waals surface area contributed by atoms with Crippen LogP contribution in [0, 0.1) is 11.7 Å². The second-order valence-corrected chi connectivity index (χ2v) is 9.92. The van der Waals surface area contributed by atoms with E-state index in [4.69, 9.17) is 0 Å². The lowest BCUT2D eigenvalue weighted by Gasteiger charge is -2.26. The van der Waals surface area contributed by atoms with E-state index in [9.17, 15) is 14.0 Å². The molecule has 34 heavy (non-hydrogen) atoms. The zero-order valence-corrected chi connectivity index (χ0v) is 20.4. The Morgan fingerprint density at radius 3 is 2.41 bits per heavy atom. The van der Waals surface area contributed by atoms with Crippen molar-refractivity contribution in [1.29, 1.82) is 0 Å². The molecule has 7 heteroatoms. The average Bonchev–Trinajstić information content (AvgIpc) is 3.54. The van der Waals surface area contributed by atoms with Crippen LogP contribution in [-0.2, 0) is 17.9 Å². The molecule has 4 rings (SSSR count). The predicted molar refractivity (Wildman–Crippen MR) is 136 cm³/mol. The van der Waals surface area contributed by atoms with Crippen LogP contribution in [-0.4, -0.2) is 30.8 Å². The number of nitrogens with one attached hydrogen (secondary N) is 1. The fourth-order valence-corrected chi connectivity index (χ4v) is 5.12. The van der Waals surface area contributed by atoms with Gasteiger partial charge in [-0.15, -0.1) is 11.3 Å². The molecule has 0 atom stereocenters. The van der Waals surface area contributed by atoms with Gasteiger partial charge in [0.15, 0.2) is 0 Å². The zero-order chi connectivity index (χ0) is 24.1. The number of anilines is 2. The van der Waals surface area contributed by atoms with Crippen LogP contribution >= 0.6 is 11.3 Å². The van der Waals surface area contributed by atoms with Gasteiger partial charge in [-0.2, -0.15) is 0 Å². The first kappa shape index (κ1) is 24.0. The highest BCUT2D eigenvalue weighted by molar-refractivity contribution is 7.12. The third kappa shape index (κ3) is 5.83. The zero-order valence-electron chi connectivity index (χ0n) is 19.6. The molecule has 1 heterocycles. The van der Waals surface area contributed by atoms with E-state index in [2.05, 4.69) is 5.32 Å². The van der Waals surface area contributed by atoms with Crippen LogP contribution in [0.2, 0.25) is 0 Å². The monoisotopic (exact) mass is 479 g/mol. The Balaban J connectivity index is 1.61. The molecule has 1 saturated carbocycles. The number of halogens is 1. The van der Waals surface area contributed by atoms with Crippen molar-refractivity contribution in [2.75, 3.05) is 24.3 Å². The minimum Gasteiger partial charge on any atom is -0.377 e. The van der Waals surface area contributed by atoms with Crippen LogP contribution in [0.5, 0.6) is 0 Å². The van der Waals surface area contributed by atoms with E-state index in [1.54, 1.807) is 17.0 Å². The summed E-state index contributed by atoms with van der Waals surface area (Å²) in [6.07, 6.45) is 4.09. The lowest BCUT2D eigenvalue weighted by Crippen LogP contribution is -2.30. The molecule has 2 aromatic carbocycles. The fraction of sp³-hybridized carbons (Fsp3) is 0.333. The Morgan fingerprint density at radius 1 is 1.03 bits per heavy atom. The van der Waals surface area contributed by atoms with Gasteiger partial charge in [-0.25, -0.2) is 4.39 Å². The van der Waals surface area contributed by atoms with Crippen LogP contribution in [0.25, 0.3) is 0 Å². The summed E-state index contributed by atoms with van der Waals surface area (Å²) in [5, 5.41) is 4.96. The maximum absolute atomic E-state index is 13.4. The van der Waals surface area contributed by atoms with Crippen molar-refractivity contribution in [1.82, 2.24) is 4.90 Å². The number of hydrogen-bond donors (Lipinski definition) is 1. The largest absolute Gasteiger partial charge is 0.377 e. The van der Waals surface area contributed by atoms with E-state index >= 15 is 0 Å². The van der Waals surface area contributed by atoms with E-state index in [1.165, 1.54) is 23.5 Å². The normalized spacial score (nSPS) is 13.6. The van der Waals surface area contributed by atoms with Crippen LogP contribution in [0.1, 0.15) is 46.5 Å². The number of nitrogens with zero attached hydrogens (tertiary/aromatic N) is 2. The smallest absolute Gasteiger partial charge is 0.264 e. The molecule has 0 unspecified atom stereocenters. The standard InChI is InChI=1S/C27H30FN3O2S/c1-30(2)24-14-13-23(29-26(32)20-6-3-4-7-20)16-21(24)18-31(27(33)25-8-5-15-34-25)17-19-9-11-22(28)12-10-19/h5,8-16,20H,3-4,6-7,17-18H2,1-2H3,(H,29,32). The summed E-state index contributed by atoms with van der Waals surface area (Å²) in [6, 6.07) is 15.8. The molecule has 0 radical (unpaired) electrons. The molecule has 0 aliphatic heterocycles. The Hall–Kier alpha value is -3.19. The molecule has 3 aromatic rings. The van der Waals surface area contributed by atoms with Crippen LogP contribution in [0.3, 0.4) is 0 Å². The maximum Gasteiger partial charge on any atom is 0.264 e. The molecule has 1 fully saturated rings. The molecule has 178 valence electrons. The van der Waals surface area contributed by atoms with Gasteiger partial charge in [0.05, 0.1) is 4.88 Å². The van der Waals surface area contributed by atoms with Gasteiger partial charge < -0.3 is 15.1 Å². The molecular formula is C27H30FN3O2S. The summed E-state index contributed by atoms with van der Waals surface area (Å²) in [5.41, 5.74) is 3.49. The van der Waals surface area contributed by atoms with Gasteiger partial charge in [0.2, 0.25) is 5.91 Å². The first-order valence-corrected chi connectivity index (χ1v) is 12.5. The Morgan fingerprint density at radius 2 is 1.76 bits per heavy atom. The minimum atomic E-state index is -0.305. The summed E-state index contributed by atoms with van der Waals surface area (Å²) in [4.78, 5) is 30.5. The van der Waals surface area contributed by atoms with Crippen LogP contribution < -0.4 is 10.2 Å². The van der Waals surface area contributed by atoms with Gasteiger partial charge >= 0.3 is 0 Å². The van der Waals surface area contributed by atoms with E-state index < -0.39 is 0 Å². The molecular weight excluding hydrogens is 449 g/mol. The first-order chi connectivity index (χ1) is 16.4. The molecule has 0 bridgehead atoms. The maximum atomic E-state index is 13.4. The van der Waals surface area contributed by atoms with Gasteiger partial charge in [0, 0.05) is 44.5 Å². The summed E-state index contributed by atoms with van der Waals surface area (Å²) in [7, 11) is 3.92. The number of rotatable bonds is 8. The number of amides is 2. The van der Waals surface area contributed by atoms with Crippen molar-refractivity contribution in [2.45, 2.75) is 38.8 Å². The topological polar surface area (TPSA) is 52.7 Å². The summed E-state index contributed by atoms with van der Waals surface area (Å²) in [5.74, 6) is -0.240. The quantitative estimate of drug-likeness (QED) is 0.436. The molecule has 0 spiro atoms. The van der Waals surface area contributed by atoms with Crippen LogP contribution in [0.4, 0.5) is 15.8 Å². The molecule has 1 N–H and O–H groups in total. The molecule has 5 nitrogen and oxygen atoms in total. The second-order valence-electron chi connectivity index (χ2n) is 8.97. The predicted octanol–water partition coefficient (Wildman–Crippen LogP) is 5.92. The lowest BCUT2D eigenvalue weighted by atomic mass is 10.1. The lowest BCUT2D eigenvalue weighted by molar-refractivity contribution is -0.119. The van der Waals surface area contributed by atoms with Gasteiger partial charge in [0.25, 0.3) is 5.91 Å². The molecule has 1 aliphatic rings. The van der Waals surface area contributed by atoms with Crippen molar-refractivity contribution in [2.24, 2.45) is 5.92 Å². The van der Waals surface area contributed by atoms with E-state index in [-0.39, 0.29) is 23.5 Å². The van der Waals surface area contributed by atoms with Crippen molar-refractivity contribution < 1.29 is 14.0 Å². The average molecular weight is 480 g/mol. The van der Waals surface area contributed by atoms with Gasteiger partial charge in [-0.3, -0.25) is 9.59 Å². The number of hydrogen-bond acceptors (Lipinski definition) is 4. The Bertz CT molecular complexity index is 1120. The van der Waals surface area contributed by atoms with E-state index in [1.807, 2.05) is 54.7 Å². The fourth-order valence-electron chi connectivity index (χ4n) is 4.43. The summed E-state index contributed by atoms with van der Waals surface area (Å²) in [6.45, 7) is 0.706. The van der Waals surface area contributed by atoms with Crippen molar-refractivity contribution >= 4 is 34.5 Å². The highest BCUT2D eigenvalue weighted by atomic mass is 32.1. The third-order valence-electron chi connectivity index (χ3n) is 6.22. The number of carbonyl (C=O) groups excluding carboxylic acids is 2. The molecule has 0 saturated heterocycles. The van der Waals surface area contributed by atoms with Gasteiger partial charge in [-0.1, -0.05) is 31.0 Å². The third-order valence-corrected chi connectivity index (χ3v) is 7.08. The number of thiophene rings is 1. The summed E-state index contributed by atoms with van der Waals surface area (Å²) < 4.78 is 13.4. The Kier molecular flexibility index (Phi) is 7.63. The highest BCUT2D eigenvalue weighted by Crippen LogP contribution is 2.29. The van der Waals surface area contributed by atoms with Gasteiger partial charge in [0.1, 0.15) is 5.82 Å². The number of benzene rings is 2. The first-order valence-electron chi connectivity index (χ1n) is 11.6.